The molecule has 0 bridgehead atoms. The SMILES string of the molecule is O=COC1(c2ccc(-c3ccc(-c4c(NC(=O)OCc5ccccc5)sc5ccccc45)cc3)cc2)CC1. The van der Waals surface area contributed by atoms with Gasteiger partial charge in [0.2, 0.25) is 0 Å². The monoisotopic (exact) mass is 519 g/mol. The van der Waals surface area contributed by atoms with E-state index >= 15 is 0 Å². The number of hydrogen-bond acceptors (Lipinski definition) is 5. The van der Waals surface area contributed by atoms with Gasteiger partial charge in [-0.2, -0.15) is 0 Å². The van der Waals surface area contributed by atoms with Crippen LogP contribution in [0.4, 0.5) is 9.80 Å². The number of thiophene rings is 1. The number of carbonyl (C=O) groups excluding carboxylic acids is 2. The van der Waals surface area contributed by atoms with Crippen molar-refractivity contribution in [2.45, 2.75) is 25.0 Å². The summed E-state index contributed by atoms with van der Waals surface area (Å²) >= 11 is 1.53. The van der Waals surface area contributed by atoms with E-state index in [1.165, 1.54) is 11.3 Å². The Morgan fingerprint density at radius 3 is 2.13 bits per heavy atom. The zero-order chi connectivity index (χ0) is 26.0. The van der Waals surface area contributed by atoms with E-state index in [4.69, 9.17) is 9.47 Å². The van der Waals surface area contributed by atoms with Crippen molar-refractivity contribution in [1.82, 2.24) is 0 Å². The summed E-state index contributed by atoms with van der Waals surface area (Å²) in [6.45, 7) is 0.753. The molecule has 0 spiro atoms. The summed E-state index contributed by atoms with van der Waals surface area (Å²) in [7, 11) is 0. The highest BCUT2D eigenvalue weighted by Gasteiger charge is 2.46. The molecule has 1 saturated carbocycles. The van der Waals surface area contributed by atoms with E-state index in [1.807, 2.05) is 54.6 Å². The molecule has 1 aliphatic carbocycles. The standard InChI is InChI=1S/C32H25NO4S/c34-21-37-32(18-19-32)26-16-14-24(15-17-26)23-10-12-25(13-11-23)29-27-8-4-5-9-28(27)38-30(29)33-31(35)36-20-22-6-2-1-3-7-22/h1-17,21H,18-20H2,(H,33,35). The molecule has 1 fully saturated rings. The summed E-state index contributed by atoms with van der Waals surface area (Å²) in [4.78, 5) is 23.5. The summed E-state index contributed by atoms with van der Waals surface area (Å²) in [5, 5.41) is 4.81. The van der Waals surface area contributed by atoms with Crippen LogP contribution in [0.3, 0.4) is 0 Å². The third-order valence-corrected chi connectivity index (χ3v) is 8.01. The number of rotatable bonds is 8. The largest absolute Gasteiger partial charge is 0.456 e. The molecular formula is C32H25NO4S. The van der Waals surface area contributed by atoms with Gasteiger partial charge < -0.3 is 9.47 Å². The van der Waals surface area contributed by atoms with E-state index < -0.39 is 11.7 Å². The van der Waals surface area contributed by atoms with Crippen LogP contribution in [-0.2, 0) is 26.5 Å². The molecule has 0 unspecified atom stereocenters. The van der Waals surface area contributed by atoms with Gasteiger partial charge in [-0.1, -0.05) is 97.1 Å². The molecule has 5 aromatic rings. The van der Waals surface area contributed by atoms with Crippen molar-refractivity contribution in [3.8, 4) is 22.3 Å². The van der Waals surface area contributed by atoms with E-state index in [-0.39, 0.29) is 6.61 Å². The second kappa shape index (κ2) is 10.1. The number of fused-ring (bicyclic) bond motifs is 1. The molecule has 1 amide bonds. The fraction of sp³-hybridized carbons (Fsp3) is 0.125. The minimum atomic E-state index is -0.481. The topological polar surface area (TPSA) is 64.6 Å². The first kappa shape index (κ1) is 23.9. The third kappa shape index (κ3) is 4.78. The van der Waals surface area contributed by atoms with Crippen LogP contribution in [0.1, 0.15) is 24.0 Å². The number of nitrogens with one attached hydrogen (secondary N) is 1. The van der Waals surface area contributed by atoms with Crippen LogP contribution in [0.5, 0.6) is 0 Å². The normalized spacial score (nSPS) is 13.6. The summed E-state index contributed by atoms with van der Waals surface area (Å²) < 4.78 is 11.9. The molecule has 1 aromatic heterocycles. The number of amides is 1. The molecule has 38 heavy (non-hydrogen) atoms. The lowest BCUT2D eigenvalue weighted by Crippen LogP contribution is -2.13. The average Bonchev–Trinajstić information content (AvgIpc) is 3.66. The number of carbonyl (C=O) groups is 2. The van der Waals surface area contributed by atoms with Crippen LogP contribution in [0.25, 0.3) is 32.3 Å². The van der Waals surface area contributed by atoms with Gasteiger partial charge in [0.1, 0.15) is 17.2 Å². The molecule has 6 rings (SSSR count). The third-order valence-electron chi connectivity index (χ3n) is 6.92. The number of benzene rings is 4. The van der Waals surface area contributed by atoms with Crippen LogP contribution in [-0.4, -0.2) is 12.6 Å². The molecule has 188 valence electrons. The van der Waals surface area contributed by atoms with Crippen LogP contribution in [0.15, 0.2) is 103 Å². The Kier molecular flexibility index (Phi) is 6.40. The fourth-order valence-electron chi connectivity index (χ4n) is 4.75. The van der Waals surface area contributed by atoms with Crippen molar-refractivity contribution >= 4 is 39.0 Å². The van der Waals surface area contributed by atoms with Gasteiger partial charge in [-0.15, -0.1) is 11.3 Å². The Morgan fingerprint density at radius 2 is 1.45 bits per heavy atom. The minimum Gasteiger partial charge on any atom is -0.456 e. The predicted molar refractivity (Wildman–Crippen MR) is 151 cm³/mol. The Hall–Kier alpha value is -4.42. The van der Waals surface area contributed by atoms with E-state index in [0.29, 0.717) is 6.47 Å². The van der Waals surface area contributed by atoms with Gasteiger partial charge in [0, 0.05) is 15.6 Å². The van der Waals surface area contributed by atoms with Crippen molar-refractivity contribution in [2.75, 3.05) is 5.32 Å². The van der Waals surface area contributed by atoms with Crippen LogP contribution in [0, 0.1) is 0 Å². The second-order valence-electron chi connectivity index (χ2n) is 9.35. The highest BCUT2D eigenvalue weighted by atomic mass is 32.1. The van der Waals surface area contributed by atoms with Gasteiger partial charge >= 0.3 is 6.09 Å². The molecule has 4 aromatic carbocycles. The number of ether oxygens (including phenoxy) is 2. The van der Waals surface area contributed by atoms with Crippen molar-refractivity contribution in [1.29, 1.82) is 0 Å². The van der Waals surface area contributed by atoms with Crippen LogP contribution in [0.2, 0.25) is 0 Å². The van der Waals surface area contributed by atoms with E-state index in [1.54, 1.807) is 0 Å². The van der Waals surface area contributed by atoms with Gasteiger partial charge in [0.15, 0.2) is 0 Å². The molecular weight excluding hydrogens is 494 g/mol. The average molecular weight is 520 g/mol. The first-order valence-corrected chi connectivity index (χ1v) is 13.3. The Bertz CT molecular complexity index is 1590. The molecule has 0 aliphatic heterocycles. The van der Waals surface area contributed by atoms with Crippen molar-refractivity contribution < 1.29 is 19.1 Å². The zero-order valence-corrected chi connectivity index (χ0v) is 21.4. The highest BCUT2D eigenvalue weighted by Crippen LogP contribution is 2.49. The van der Waals surface area contributed by atoms with Gasteiger partial charge in [-0.25, -0.2) is 4.79 Å². The smallest absolute Gasteiger partial charge is 0.412 e. The minimum absolute atomic E-state index is 0.211. The van der Waals surface area contributed by atoms with E-state index in [0.717, 1.165) is 61.3 Å². The maximum absolute atomic E-state index is 12.7. The Balaban J connectivity index is 1.24. The second-order valence-corrected chi connectivity index (χ2v) is 10.4. The van der Waals surface area contributed by atoms with Gasteiger partial charge in [-0.05, 0) is 46.7 Å². The first-order chi connectivity index (χ1) is 18.6. The maximum Gasteiger partial charge on any atom is 0.412 e. The van der Waals surface area contributed by atoms with Crippen molar-refractivity contribution in [3.63, 3.8) is 0 Å². The van der Waals surface area contributed by atoms with Gasteiger partial charge in [0.25, 0.3) is 6.47 Å². The summed E-state index contributed by atoms with van der Waals surface area (Å²) in [5.41, 5.74) is 5.69. The van der Waals surface area contributed by atoms with Crippen LogP contribution < -0.4 is 5.32 Å². The molecule has 6 heteroatoms. The first-order valence-electron chi connectivity index (χ1n) is 12.5. The lowest BCUT2D eigenvalue weighted by atomic mass is 9.97. The summed E-state index contributed by atoms with van der Waals surface area (Å²) in [6, 6.07) is 34.3. The zero-order valence-electron chi connectivity index (χ0n) is 20.6. The maximum atomic E-state index is 12.7. The van der Waals surface area contributed by atoms with Gasteiger partial charge in [-0.3, -0.25) is 10.1 Å². The van der Waals surface area contributed by atoms with Crippen LogP contribution >= 0.6 is 11.3 Å². The van der Waals surface area contributed by atoms with E-state index in [9.17, 15) is 9.59 Å². The summed E-state index contributed by atoms with van der Waals surface area (Å²) in [6.07, 6.45) is 1.25. The fourth-order valence-corrected chi connectivity index (χ4v) is 5.86. The molecule has 5 nitrogen and oxygen atoms in total. The number of hydrogen-bond donors (Lipinski definition) is 1. The molecule has 1 heterocycles. The molecule has 0 saturated heterocycles. The quantitative estimate of drug-likeness (QED) is 0.210. The molecule has 0 atom stereocenters. The summed E-state index contributed by atoms with van der Waals surface area (Å²) in [5.74, 6) is 0. The molecule has 0 radical (unpaired) electrons. The molecule has 1 N–H and O–H groups in total. The van der Waals surface area contributed by atoms with E-state index in [2.05, 4.69) is 53.8 Å². The predicted octanol–water partition coefficient (Wildman–Crippen LogP) is 8.15. The van der Waals surface area contributed by atoms with Gasteiger partial charge in [0.05, 0.1) is 0 Å². The number of anilines is 1. The van der Waals surface area contributed by atoms with Crippen molar-refractivity contribution in [3.05, 3.63) is 114 Å². The lowest BCUT2D eigenvalue weighted by molar-refractivity contribution is -0.136. The highest BCUT2D eigenvalue weighted by molar-refractivity contribution is 7.23. The molecule has 1 aliphatic rings. The Labute approximate surface area is 224 Å². The van der Waals surface area contributed by atoms with Crippen molar-refractivity contribution in [2.24, 2.45) is 0 Å². The lowest BCUT2D eigenvalue weighted by Gasteiger charge is -2.14. The Morgan fingerprint density at radius 1 is 0.816 bits per heavy atom.